The summed E-state index contributed by atoms with van der Waals surface area (Å²) in [5.74, 6) is 0.142. The molecule has 0 spiro atoms. The maximum Gasteiger partial charge on any atom is 0.412 e. The summed E-state index contributed by atoms with van der Waals surface area (Å²) >= 11 is 0. The highest BCUT2D eigenvalue weighted by molar-refractivity contribution is 5.71. The number of pyridine rings is 1. The van der Waals surface area contributed by atoms with Crippen LogP contribution in [0.25, 0.3) is 0 Å². The van der Waals surface area contributed by atoms with Crippen molar-refractivity contribution in [1.29, 1.82) is 0 Å². The van der Waals surface area contributed by atoms with Crippen LogP contribution in [0.1, 0.15) is 30.0 Å². The molecule has 0 bridgehead atoms. The summed E-state index contributed by atoms with van der Waals surface area (Å²) in [6.07, 6.45) is 5.16. The number of rotatable bonds is 4. The topological polar surface area (TPSA) is 74.7 Å². The van der Waals surface area contributed by atoms with Crippen LogP contribution in [-0.2, 0) is 6.54 Å². The SMILES string of the molecule is CNC(=O)Oc1cc(C2CCCN2Cc2ccncc2)ccc1O. The number of nitrogens with one attached hydrogen (secondary N) is 1. The lowest BCUT2D eigenvalue weighted by Crippen LogP contribution is -2.24. The lowest BCUT2D eigenvalue weighted by atomic mass is 10.0. The molecule has 6 heteroatoms. The first-order chi connectivity index (χ1) is 11.7. The number of carbonyl (C=O) groups is 1. The quantitative estimate of drug-likeness (QED) is 0.903. The second-order valence-corrected chi connectivity index (χ2v) is 5.85. The van der Waals surface area contributed by atoms with E-state index in [1.807, 2.05) is 18.2 Å². The predicted octanol–water partition coefficient (Wildman–Crippen LogP) is 2.84. The molecule has 1 atom stereocenters. The third kappa shape index (κ3) is 3.65. The van der Waals surface area contributed by atoms with Crippen LogP contribution in [0.5, 0.6) is 11.5 Å². The average molecular weight is 327 g/mol. The molecule has 1 aliphatic rings. The smallest absolute Gasteiger partial charge is 0.412 e. The van der Waals surface area contributed by atoms with Gasteiger partial charge in [0.15, 0.2) is 11.5 Å². The van der Waals surface area contributed by atoms with Crippen molar-refractivity contribution in [2.24, 2.45) is 0 Å². The number of benzene rings is 1. The number of aromatic nitrogens is 1. The average Bonchev–Trinajstić information content (AvgIpc) is 3.05. The zero-order chi connectivity index (χ0) is 16.9. The monoisotopic (exact) mass is 327 g/mol. The number of hydrogen-bond donors (Lipinski definition) is 2. The number of carbonyl (C=O) groups excluding carboxylic acids is 1. The summed E-state index contributed by atoms with van der Waals surface area (Å²) in [5, 5.41) is 12.3. The molecular weight excluding hydrogens is 306 g/mol. The number of phenolic OH excluding ortho intramolecular Hbond substituents is 1. The second-order valence-electron chi connectivity index (χ2n) is 5.85. The minimum Gasteiger partial charge on any atom is -0.504 e. The van der Waals surface area contributed by atoms with Gasteiger partial charge in [0.2, 0.25) is 0 Å². The van der Waals surface area contributed by atoms with Crippen LogP contribution in [0.15, 0.2) is 42.7 Å². The lowest BCUT2D eigenvalue weighted by molar-refractivity contribution is 0.200. The molecule has 2 heterocycles. The van der Waals surface area contributed by atoms with Crippen molar-refractivity contribution in [3.63, 3.8) is 0 Å². The summed E-state index contributed by atoms with van der Waals surface area (Å²) in [6, 6.07) is 9.50. The van der Waals surface area contributed by atoms with Gasteiger partial charge < -0.3 is 15.2 Å². The number of nitrogens with zero attached hydrogens (tertiary/aromatic N) is 2. The molecule has 24 heavy (non-hydrogen) atoms. The number of phenols is 1. The number of ether oxygens (including phenoxy) is 1. The first-order valence-electron chi connectivity index (χ1n) is 8.03. The van der Waals surface area contributed by atoms with Crippen LogP contribution < -0.4 is 10.1 Å². The highest BCUT2D eigenvalue weighted by Crippen LogP contribution is 2.37. The van der Waals surface area contributed by atoms with Gasteiger partial charge in [-0.3, -0.25) is 9.88 Å². The van der Waals surface area contributed by atoms with Gasteiger partial charge in [0.05, 0.1) is 0 Å². The number of likely N-dealkylation sites (tertiary alicyclic amines) is 1. The zero-order valence-electron chi connectivity index (χ0n) is 13.6. The first-order valence-corrected chi connectivity index (χ1v) is 8.03. The molecule has 126 valence electrons. The van der Waals surface area contributed by atoms with Crippen molar-refractivity contribution in [3.05, 3.63) is 53.9 Å². The van der Waals surface area contributed by atoms with E-state index in [2.05, 4.69) is 15.2 Å². The fourth-order valence-corrected chi connectivity index (χ4v) is 3.09. The Morgan fingerprint density at radius 1 is 1.38 bits per heavy atom. The molecule has 1 aliphatic heterocycles. The molecule has 1 fully saturated rings. The van der Waals surface area contributed by atoms with Gasteiger partial charge in [-0.2, -0.15) is 0 Å². The standard InChI is InChI=1S/C18H21N3O3/c1-19-18(23)24-17-11-14(4-5-16(17)22)15-3-2-10-21(15)12-13-6-8-20-9-7-13/h4-9,11,15,22H,2-3,10,12H2,1H3,(H,19,23). The van der Waals surface area contributed by atoms with Gasteiger partial charge in [-0.05, 0) is 54.8 Å². The molecule has 0 radical (unpaired) electrons. The van der Waals surface area contributed by atoms with Crippen LogP contribution in [0, 0.1) is 0 Å². The van der Waals surface area contributed by atoms with E-state index in [0.717, 1.165) is 31.5 Å². The Bertz CT molecular complexity index is 706. The minimum absolute atomic E-state index is 0.0407. The summed E-state index contributed by atoms with van der Waals surface area (Å²) in [4.78, 5) is 17.9. The normalized spacial score (nSPS) is 17.6. The Morgan fingerprint density at radius 3 is 2.92 bits per heavy atom. The van der Waals surface area contributed by atoms with Crippen LogP contribution >= 0.6 is 0 Å². The molecule has 2 N–H and O–H groups in total. The molecule has 0 saturated carbocycles. The third-order valence-corrected chi connectivity index (χ3v) is 4.27. The van der Waals surface area contributed by atoms with E-state index < -0.39 is 6.09 Å². The summed E-state index contributed by atoms with van der Waals surface area (Å²) < 4.78 is 5.12. The van der Waals surface area contributed by atoms with Gasteiger partial charge >= 0.3 is 6.09 Å². The molecule has 1 aromatic heterocycles. The predicted molar refractivity (Wildman–Crippen MR) is 89.8 cm³/mol. The zero-order valence-corrected chi connectivity index (χ0v) is 13.6. The minimum atomic E-state index is -0.595. The van der Waals surface area contributed by atoms with Crippen molar-refractivity contribution in [1.82, 2.24) is 15.2 Å². The van der Waals surface area contributed by atoms with Crippen molar-refractivity contribution in [3.8, 4) is 11.5 Å². The molecular formula is C18H21N3O3. The Labute approximate surface area is 141 Å². The highest BCUT2D eigenvalue weighted by Gasteiger charge is 2.27. The summed E-state index contributed by atoms with van der Waals surface area (Å²) in [7, 11) is 1.48. The largest absolute Gasteiger partial charge is 0.504 e. The first kappa shape index (κ1) is 16.3. The number of amides is 1. The van der Waals surface area contributed by atoms with Crippen LogP contribution in [0.2, 0.25) is 0 Å². The Hall–Kier alpha value is -2.60. The van der Waals surface area contributed by atoms with E-state index in [4.69, 9.17) is 4.74 Å². The van der Waals surface area contributed by atoms with E-state index in [9.17, 15) is 9.90 Å². The molecule has 1 saturated heterocycles. The van der Waals surface area contributed by atoms with Crippen molar-refractivity contribution < 1.29 is 14.6 Å². The maximum absolute atomic E-state index is 11.4. The van der Waals surface area contributed by atoms with Gasteiger partial charge in [0, 0.05) is 32.0 Å². The van der Waals surface area contributed by atoms with E-state index in [0.29, 0.717) is 0 Å². The van der Waals surface area contributed by atoms with Crippen molar-refractivity contribution >= 4 is 6.09 Å². The van der Waals surface area contributed by atoms with E-state index in [1.165, 1.54) is 12.6 Å². The Morgan fingerprint density at radius 2 is 2.17 bits per heavy atom. The van der Waals surface area contributed by atoms with E-state index in [1.54, 1.807) is 24.5 Å². The van der Waals surface area contributed by atoms with Crippen molar-refractivity contribution in [2.75, 3.05) is 13.6 Å². The highest BCUT2D eigenvalue weighted by atomic mass is 16.6. The van der Waals surface area contributed by atoms with Gasteiger partial charge in [0.1, 0.15) is 0 Å². The van der Waals surface area contributed by atoms with E-state index in [-0.39, 0.29) is 17.5 Å². The van der Waals surface area contributed by atoms with Crippen LogP contribution in [0.4, 0.5) is 4.79 Å². The molecule has 3 rings (SSSR count). The van der Waals surface area contributed by atoms with Crippen LogP contribution in [0.3, 0.4) is 0 Å². The fourth-order valence-electron chi connectivity index (χ4n) is 3.09. The second kappa shape index (κ2) is 7.31. The van der Waals surface area contributed by atoms with Crippen molar-refractivity contribution in [2.45, 2.75) is 25.4 Å². The maximum atomic E-state index is 11.4. The van der Waals surface area contributed by atoms with Gasteiger partial charge in [-0.15, -0.1) is 0 Å². The fraction of sp³-hybridized carbons (Fsp3) is 0.333. The van der Waals surface area contributed by atoms with Gasteiger partial charge in [0.25, 0.3) is 0 Å². The lowest BCUT2D eigenvalue weighted by Gasteiger charge is -2.25. The molecule has 1 unspecified atom stereocenters. The summed E-state index contributed by atoms with van der Waals surface area (Å²) in [6.45, 7) is 1.86. The molecule has 1 aromatic carbocycles. The Balaban J connectivity index is 1.79. The van der Waals surface area contributed by atoms with E-state index >= 15 is 0 Å². The van der Waals surface area contributed by atoms with Crippen LogP contribution in [-0.4, -0.2) is 34.7 Å². The molecule has 2 aromatic rings. The molecule has 0 aliphatic carbocycles. The third-order valence-electron chi connectivity index (χ3n) is 4.27. The van der Waals surface area contributed by atoms with Gasteiger partial charge in [-0.1, -0.05) is 6.07 Å². The Kier molecular flexibility index (Phi) is 4.96. The summed E-state index contributed by atoms with van der Waals surface area (Å²) in [5.41, 5.74) is 2.26. The molecule has 1 amide bonds. The number of aromatic hydroxyl groups is 1. The number of hydrogen-bond acceptors (Lipinski definition) is 5. The van der Waals surface area contributed by atoms with Gasteiger partial charge in [-0.25, -0.2) is 4.79 Å². The molecule has 6 nitrogen and oxygen atoms in total.